The zero-order chi connectivity index (χ0) is 17.5. The monoisotopic (exact) mass is 356 g/mol. The van der Waals surface area contributed by atoms with Gasteiger partial charge in [-0.05, 0) is 49.3 Å². The number of thiocarbonyl (C=S) groups is 1. The number of alkyl halides is 2. The van der Waals surface area contributed by atoms with Crippen molar-refractivity contribution >= 4 is 29.3 Å². The standard InChI is InChI=1S/C16H18F2N2O3S/c1-2-22-9-3-8-20-14(21)13(19-16(20)24)10-11-4-6-12(7-5-11)23-15(17)18/h4-7,10,15H,2-3,8-9H2,1H3,(H,19,24)/b13-10+. The average molecular weight is 356 g/mol. The van der Waals surface area contributed by atoms with Crippen LogP contribution in [-0.2, 0) is 9.53 Å². The van der Waals surface area contributed by atoms with E-state index in [-0.39, 0.29) is 11.7 Å². The Hall–Kier alpha value is -2.06. The summed E-state index contributed by atoms with van der Waals surface area (Å²) in [6.07, 6.45) is 2.30. The highest BCUT2D eigenvalue weighted by Gasteiger charge is 2.29. The first-order chi connectivity index (χ1) is 11.5. The molecule has 5 nitrogen and oxygen atoms in total. The van der Waals surface area contributed by atoms with Crippen molar-refractivity contribution in [2.24, 2.45) is 0 Å². The molecular weight excluding hydrogens is 338 g/mol. The minimum absolute atomic E-state index is 0.0610. The van der Waals surface area contributed by atoms with Crippen molar-refractivity contribution in [3.63, 3.8) is 0 Å². The van der Waals surface area contributed by atoms with E-state index in [1.807, 2.05) is 6.92 Å². The third kappa shape index (κ3) is 4.97. The van der Waals surface area contributed by atoms with E-state index in [2.05, 4.69) is 10.1 Å². The molecule has 1 saturated heterocycles. The van der Waals surface area contributed by atoms with Gasteiger partial charge < -0.3 is 14.8 Å². The number of hydrogen-bond donors (Lipinski definition) is 1. The molecule has 0 aliphatic carbocycles. The zero-order valence-corrected chi connectivity index (χ0v) is 13.9. The van der Waals surface area contributed by atoms with Gasteiger partial charge in [0.2, 0.25) is 0 Å². The maximum atomic E-state index is 12.3. The summed E-state index contributed by atoms with van der Waals surface area (Å²) < 4.78 is 33.8. The molecule has 1 aromatic carbocycles. The molecule has 1 aromatic rings. The zero-order valence-electron chi connectivity index (χ0n) is 13.1. The smallest absolute Gasteiger partial charge is 0.387 e. The molecule has 0 atom stereocenters. The Bertz CT molecular complexity index is 620. The van der Waals surface area contributed by atoms with Crippen LogP contribution in [0, 0.1) is 0 Å². The molecule has 1 heterocycles. The SMILES string of the molecule is CCOCCCN1C(=O)/C(=C\c2ccc(OC(F)F)cc2)NC1=S. The quantitative estimate of drug-likeness (QED) is 0.441. The fourth-order valence-corrected chi connectivity index (χ4v) is 2.44. The summed E-state index contributed by atoms with van der Waals surface area (Å²) in [6, 6.07) is 5.99. The number of amides is 1. The molecule has 1 N–H and O–H groups in total. The molecule has 0 spiro atoms. The third-order valence-corrected chi connectivity index (χ3v) is 3.58. The molecule has 0 radical (unpaired) electrons. The molecule has 0 bridgehead atoms. The number of rotatable bonds is 8. The number of carbonyl (C=O) groups excluding carboxylic acids is 1. The highest BCUT2D eigenvalue weighted by molar-refractivity contribution is 7.80. The number of ether oxygens (including phenoxy) is 2. The molecule has 2 rings (SSSR count). The number of nitrogens with zero attached hydrogens (tertiary/aromatic N) is 1. The first kappa shape index (κ1) is 18.3. The topological polar surface area (TPSA) is 50.8 Å². The first-order valence-corrected chi connectivity index (χ1v) is 7.89. The second-order valence-corrected chi connectivity index (χ2v) is 5.33. The summed E-state index contributed by atoms with van der Waals surface area (Å²) in [5, 5.41) is 3.21. The molecule has 0 saturated carbocycles. The van der Waals surface area contributed by atoms with Crippen LogP contribution in [-0.4, -0.2) is 42.3 Å². The highest BCUT2D eigenvalue weighted by Crippen LogP contribution is 2.18. The molecule has 1 aliphatic rings. The van der Waals surface area contributed by atoms with E-state index < -0.39 is 6.61 Å². The van der Waals surface area contributed by atoms with Crippen LogP contribution in [0.3, 0.4) is 0 Å². The molecule has 0 aromatic heterocycles. The van der Waals surface area contributed by atoms with Gasteiger partial charge >= 0.3 is 6.61 Å². The highest BCUT2D eigenvalue weighted by atomic mass is 32.1. The van der Waals surface area contributed by atoms with Crippen LogP contribution in [0.4, 0.5) is 8.78 Å². The van der Waals surface area contributed by atoms with Crippen LogP contribution in [0.1, 0.15) is 18.9 Å². The minimum Gasteiger partial charge on any atom is -0.435 e. The van der Waals surface area contributed by atoms with Crippen molar-refractivity contribution in [3.05, 3.63) is 35.5 Å². The summed E-state index contributed by atoms with van der Waals surface area (Å²) in [5.74, 6) is -0.157. The normalized spacial score (nSPS) is 16.2. The van der Waals surface area contributed by atoms with Crippen LogP contribution in [0.25, 0.3) is 6.08 Å². The predicted molar refractivity (Wildman–Crippen MR) is 89.6 cm³/mol. The Kier molecular flexibility index (Phi) is 6.62. The minimum atomic E-state index is -2.87. The maximum Gasteiger partial charge on any atom is 0.387 e. The number of hydrogen-bond acceptors (Lipinski definition) is 4. The van der Waals surface area contributed by atoms with Gasteiger partial charge in [0.15, 0.2) is 5.11 Å². The first-order valence-electron chi connectivity index (χ1n) is 7.48. The molecule has 1 aliphatic heterocycles. The van der Waals surface area contributed by atoms with E-state index in [0.717, 1.165) is 0 Å². The van der Waals surface area contributed by atoms with Gasteiger partial charge in [-0.15, -0.1) is 0 Å². The lowest BCUT2D eigenvalue weighted by molar-refractivity contribution is -0.122. The van der Waals surface area contributed by atoms with Crippen molar-refractivity contribution in [1.29, 1.82) is 0 Å². The van der Waals surface area contributed by atoms with E-state index in [9.17, 15) is 13.6 Å². The Labute approximate surface area is 144 Å². The summed E-state index contributed by atoms with van der Waals surface area (Å²) >= 11 is 5.17. The summed E-state index contributed by atoms with van der Waals surface area (Å²) in [6.45, 7) is 0.713. The fourth-order valence-electron chi connectivity index (χ4n) is 2.16. The Morgan fingerprint density at radius 1 is 1.33 bits per heavy atom. The van der Waals surface area contributed by atoms with Gasteiger partial charge in [0.25, 0.3) is 5.91 Å². The van der Waals surface area contributed by atoms with Gasteiger partial charge in [0.05, 0.1) is 0 Å². The lowest BCUT2D eigenvalue weighted by Crippen LogP contribution is -2.32. The Morgan fingerprint density at radius 3 is 2.67 bits per heavy atom. The van der Waals surface area contributed by atoms with Gasteiger partial charge in [-0.2, -0.15) is 8.78 Å². The van der Waals surface area contributed by atoms with E-state index in [4.69, 9.17) is 17.0 Å². The Balaban J connectivity index is 2.00. The van der Waals surface area contributed by atoms with Crippen LogP contribution in [0.2, 0.25) is 0 Å². The predicted octanol–water partition coefficient (Wildman–Crippen LogP) is 2.77. The Morgan fingerprint density at radius 2 is 2.04 bits per heavy atom. The number of benzene rings is 1. The molecule has 8 heteroatoms. The van der Waals surface area contributed by atoms with E-state index >= 15 is 0 Å². The number of nitrogens with one attached hydrogen (secondary N) is 1. The lowest BCUT2D eigenvalue weighted by atomic mass is 10.2. The van der Waals surface area contributed by atoms with Crippen molar-refractivity contribution in [3.8, 4) is 5.75 Å². The second kappa shape index (κ2) is 8.70. The molecular formula is C16H18F2N2O3S. The molecule has 130 valence electrons. The van der Waals surface area contributed by atoms with Crippen LogP contribution in [0.15, 0.2) is 30.0 Å². The van der Waals surface area contributed by atoms with Crippen LogP contribution >= 0.6 is 12.2 Å². The van der Waals surface area contributed by atoms with Crippen LogP contribution in [0.5, 0.6) is 5.75 Å². The largest absolute Gasteiger partial charge is 0.435 e. The van der Waals surface area contributed by atoms with E-state index in [0.29, 0.717) is 42.6 Å². The van der Waals surface area contributed by atoms with Gasteiger partial charge in [-0.1, -0.05) is 12.1 Å². The van der Waals surface area contributed by atoms with Crippen molar-refractivity contribution in [2.75, 3.05) is 19.8 Å². The molecule has 24 heavy (non-hydrogen) atoms. The van der Waals surface area contributed by atoms with Gasteiger partial charge in [0, 0.05) is 19.8 Å². The third-order valence-electron chi connectivity index (χ3n) is 3.25. The maximum absolute atomic E-state index is 12.3. The number of carbonyl (C=O) groups is 1. The lowest BCUT2D eigenvalue weighted by Gasteiger charge is -2.13. The van der Waals surface area contributed by atoms with E-state index in [1.54, 1.807) is 18.2 Å². The molecule has 0 unspecified atom stereocenters. The van der Waals surface area contributed by atoms with Gasteiger partial charge in [-0.3, -0.25) is 9.69 Å². The van der Waals surface area contributed by atoms with Crippen molar-refractivity contribution in [1.82, 2.24) is 10.2 Å². The fraction of sp³-hybridized carbons (Fsp3) is 0.375. The molecule has 1 amide bonds. The summed E-state index contributed by atoms with van der Waals surface area (Å²) in [4.78, 5) is 13.8. The second-order valence-electron chi connectivity index (χ2n) is 4.94. The molecule has 1 fully saturated rings. The summed E-state index contributed by atoms with van der Waals surface area (Å²) in [5.41, 5.74) is 1.02. The van der Waals surface area contributed by atoms with Crippen LogP contribution < -0.4 is 10.1 Å². The van der Waals surface area contributed by atoms with Gasteiger partial charge in [0.1, 0.15) is 11.4 Å². The average Bonchev–Trinajstić information content (AvgIpc) is 2.80. The summed E-state index contributed by atoms with van der Waals surface area (Å²) in [7, 11) is 0. The van der Waals surface area contributed by atoms with Crippen molar-refractivity contribution < 1.29 is 23.0 Å². The number of halogens is 2. The van der Waals surface area contributed by atoms with Gasteiger partial charge in [-0.25, -0.2) is 0 Å². The van der Waals surface area contributed by atoms with Crippen molar-refractivity contribution in [2.45, 2.75) is 20.0 Å². The van der Waals surface area contributed by atoms with E-state index in [1.165, 1.54) is 17.0 Å².